The first-order chi connectivity index (χ1) is 19.0. The fourth-order valence-electron chi connectivity index (χ4n) is 4.59. The summed E-state index contributed by atoms with van der Waals surface area (Å²) >= 11 is 0. The first-order valence-corrected chi connectivity index (χ1v) is 12.1. The van der Waals surface area contributed by atoms with Crippen molar-refractivity contribution in [2.24, 2.45) is 0 Å². The van der Waals surface area contributed by atoms with Gasteiger partial charge in [0.2, 0.25) is 5.95 Å². The number of nitrogen functional groups attached to an aromatic ring is 1. The van der Waals surface area contributed by atoms with Crippen LogP contribution in [0.4, 0.5) is 11.8 Å². The van der Waals surface area contributed by atoms with Crippen molar-refractivity contribution in [2.75, 3.05) is 11.1 Å². The van der Waals surface area contributed by atoms with E-state index >= 15 is 0 Å². The number of para-hydroxylation sites is 1. The van der Waals surface area contributed by atoms with E-state index < -0.39 is 6.04 Å². The molecule has 0 amide bonds. The fraction of sp³-hybridized carbons (Fsp3) is 0.0690. The molecule has 39 heavy (non-hydrogen) atoms. The molecule has 6 rings (SSSR count). The van der Waals surface area contributed by atoms with Crippen LogP contribution in [-0.2, 0) is 0 Å². The van der Waals surface area contributed by atoms with E-state index in [0.717, 1.165) is 0 Å². The lowest BCUT2D eigenvalue weighted by Crippen LogP contribution is -2.27. The van der Waals surface area contributed by atoms with Crippen LogP contribution >= 0.6 is 0 Å². The predicted molar refractivity (Wildman–Crippen MR) is 149 cm³/mol. The molecule has 0 unspecified atom stereocenters. The van der Waals surface area contributed by atoms with Crippen molar-refractivity contribution in [3.63, 3.8) is 0 Å². The van der Waals surface area contributed by atoms with Gasteiger partial charge in [-0.15, -0.1) is 0 Å². The van der Waals surface area contributed by atoms with E-state index in [9.17, 15) is 10.1 Å². The summed E-state index contributed by atoms with van der Waals surface area (Å²) in [5, 5.41) is 13.9. The van der Waals surface area contributed by atoms with Crippen LogP contribution in [0.15, 0.2) is 90.2 Å². The molecule has 3 N–H and O–H groups in total. The van der Waals surface area contributed by atoms with Crippen molar-refractivity contribution in [1.82, 2.24) is 29.5 Å². The molecule has 3 heterocycles. The Bertz CT molecular complexity index is 1950. The highest BCUT2D eigenvalue weighted by atomic mass is 16.1. The van der Waals surface area contributed by atoms with Crippen LogP contribution in [0.25, 0.3) is 38.6 Å². The molecule has 3 aromatic carbocycles. The molecule has 0 saturated carbocycles. The van der Waals surface area contributed by atoms with Gasteiger partial charge >= 0.3 is 0 Å². The first-order valence-electron chi connectivity index (χ1n) is 12.1. The Labute approximate surface area is 222 Å². The second-order valence-electron chi connectivity index (χ2n) is 8.91. The topological polar surface area (TPSA) is 148 Å². The maximum atomic E-state index is 14.2. The summed E-state index contributed by atoms with van der Waals surface area (Å²) in [5.41, 5.74) is 9.16. The molecule has 10 heteroatoms. The van der Waals surface area contributed by atoms with Crippen LogP contribution in [0, 0.1) is 11.3 Å². The second kappa shape index (κ2) is 9.64. The minimum atomic E-state index is -0.449. The van der Waals surface area contributed by atoms with Crippen LogP contribution in [0.3, 0.4) is 0 Å². The summed E-state index contributed by atoms with van der Waals surface area (Å²) in [6.07, 6.45) is 4.65. The molecule has 1 atom stereocenters. The number of nitriles is 1. The Morgan fingerprint density at radius 3 is 2.51 bits per heavy atom. The van der Waals surface area contributed by atoms with E-state index in [4.69, 9.17) is 10.7 Å². The van der Waals surface area contributed by atoms with E-state index in [-0.39, 0.29) is 11.5 Å². The molecule has 10 nitrogen and oxygen atoms in total. The Balaban J connectivity index is 1.55. The Morgan fingerprint density at radius 1 is 0.949 bits per heavy atom. The van der Waals surface area contributed by atoms with Gasteiger partial charge in [-0.3, -0.25) is 9.36 Å². The number of benzene rings is 3. The molecular formula is C29H21N9O. The van der Waals surface area contributed by atoms with Gasteiger partial charge in [0.05, 0.1) is 39.8 Å². The summed E-state index contributed by atoms with van der Waals surface area (Å²) in [4.78, 5) is 36.1. The minimum absolute atomic E-state index is 0.153. The van der Waals surface area contributed by atoms with E-state index in [1.807, 2.05) is 55.5 Å². The van der Waals surface area contributed by atoms with Gasteiger partial charge < -0.3 is 11.1 Å². The highest BCUT2D eigenvalue weighted by Crippen LogP contribution is 2.29. The van der Waals surface area contributed by atoms with Crippen molar-refractivity contribution >= 4 is 33.6 Å². The second-order valence-corrected chi connectivity index (χ2v) is 8.91. The molecule has 3 aromatic heterocycles. The van der Waals surface area contributed by atoms with Gasteiger partial charge in [-0.05, 0) is 48.9 Å². The zero-order valence-electron chi connectivity index (χ0n) is 20.8. The third-order valence-electron chi connectivity index (χ3n) is 6.43. The van der Waals surface area contributed by atoms with Crippen molar-refractivity contribution < 1.29 is 0 Å². The number of nitrogens with zero attached hydrogens (tertiary/aromatic N) is 7. The summed E-state index contributed by atoms with van der Waals surface area (Å²) in [5.74, 6) is 1.18. The number of aromatic nitrogens is 6. The molecule has 0 fully saturated rings. The largest absolute Gasteiger partial charge is 0.368 e. The average Bonchev–Trinajstić information content (AvgIpc) is 2.97. The zero-order valence-corrected chi connectivity index (χ0v) is 20.8. The van der Waals surface area contributed by atoms with Gasteiger partial charge in [0.1, 0.15) is 18.0 Å². The van der Waals surface area contributed by atoms with Crippen LogP contribution in [0.5, 0.6) is 0 Å². The maximum Gasteiger partial charge on any atom is 0.266 e. The molecular weight excluding hydrogens is 490 g/mol. The number of hydrogen-bond acceptors (Lipinski definition) is 9. The predicted octanol–water partition coefficient (Wildman–Crippen LogP) is 4.41. The molecule has 0 aliphatic heterocycles. The number of nitrogens with one attached hydrogen (secondary N) is 1. The number of anilines is 2. The summed E-state index contributed by atoms with van der Waals surface area (Å²) in [7, 11) is 0. The van der Waals surface area contributed by atoms with Crippen molar-refractivity contribution in [2.45, 2.75) is 13.0 Å². The van der Waals surface area contributed by atoms with Crippen LogP contribution in [0.2, 0.25) is 0 Å². The molecule has 0 bridgehead atoms. The summed E-state index contributed by atoms with van der Waals surface area (Å²) < 4.78 is 1.60. The van der Waals surface area contributed by atoms with Crippen LogP contribution < -0.4 is 16.6 Å². The Kier molecular flexibility index (Phi) is 5.86. The van der Waals surface area contributed by atoms with Crippen LogP contribution in [0.1, 0.15) is 24.4 Å². The molecule has 6 aromatic rings. The standard InChI is InChI=1S/C29H21N9O/c1-17(36-26-22-12-18(13-30)10-11-23(22)34-16-35-26)27-37-24-9-5-8-21(19-14-32-29(31)33-15-19)25(24)28(39)38(27)20-6-3-2-4-7-20/h2-12,14-17H,1H3,(H2,31,32,33)(H,34,35,36)/t17-/m0/s1. The first kappa shape index (κ1) is 23.7. The highest BCUT2D eigenvalue weighted by molar-refractivity contribution is 5.94. The van der Waals surface area contributed by atoms with Gasteiger partial charge in [0.15, 0.2) is 0 Å². The minimum Gasteiger partial charge on any atom is -0.368 e. The molecule has 0 radical (unpaired) electrons. The third-order valence-corrected chi connectivity index (χ3v) is 6.43. The normalized spacial score (nSPS) is 11.8. The van der Waals surface area contributed by atoms with Crippen molar-refractivity contribution in [1.29, 1.82) is 5.26 Å². The smallest absolute Gasteiger partial charge is 0.266 e. The zero-order chi connectivity index (χ0) is 26.9. The monoisotopic (exact) mass is 511 g/mol. The van der Waals surface area contributed by atoms with E-state index in [2.05, 4.69) is 31.3 Å². The lowest BCUT2D eigenvalue weighted by Gasteiger charge is -2.21. The molecule has 0 saturated heterocycles. The molecule has 188 valence electrons. The Hall–Kier alpha value is -5.69. The molecule has 0 spiro atoms. The third kappa shape index (κ3) is 4.28. The van der Waals surface area contributed by atoms with Crippen LogP contribution in [-0.4, -0.2) is 29.5 Å². The molecule has 0 aliphatic carbocycles. The number of hydrogen-bond donors (Lipinski definition) is 2. The van der Waals surface area contributed by atoms with E-state index in [1.54, 1.807) is 35.2 Å². The van der Waals surface area contributed by atoms with Gasteiger partial charge in [-0.25, -0.2) is 24.9 Å². The van der Waals surface area contributed by atoms with Crippen molar-refractivity contribution in [3.05, 3.63) is 107 Å². The highest BCUT2D eigenvalue weighted by Gasteiger charge is 2.21. The molecule has 0 aliphatic rings. The quantitative estimate of drug-likeness (QED) is 0.343. The SMILES string of the molecule is C[C@H](Nc1ncnc2ccc(C#N)cc12)c1nc2cccc(-c3cnc(N)nc3)c2c(=O)n1-c1ccccc1. The lowest BCUT2D eigenvalue weighted by atomic mass is 10.0. The van der Waals surface area contributed by atoms with Gasteiger partial charge in [-0.2, -0.15) is 5.26 Å². The number of rotatable bonds is 5. The number of fused-ring (bicyclic) bond motifs is 2. The van der Waals surface area contributed by atoms with E-state index in [0.29, 0.717) is 55.8 Å². The van der Waals surface area contributed by atoms with Crippen molar-refractivity contribution in [3.8, 4) is 22.9 Å². The van der Waals surface area contributed by atoms with Gasteiger partial charge in [-0.1, -0.05) is 30.3 Å². The number of nitrogens with two attached hydrogens (primary N) is 1. The average molecular weight is 512 g/mol. The van der Waals surface area contributed by atoms with Gasteiger partial charge in [0.25, 0.3) is 5.56 Å². The maximum absolute atomic E-state index is 14.2. The summed E-state index contributed by atoms with van der Waals surface area (Å²) in [6.45, 7) is 1.91. The fourth-order valence-corrected chi connectivity index (χ4v) is 4.59. The lowest BCUT2D eigenvalue weighted by molar-refractivity contribution is 0.732. The summed E-state index contributed by atoms with van der Waals surface area (Å²) in [6, 6.07) is 21.8. The van der Waals surface area contributed by atoms with E-state index in [1.165, 1.54) is 6.33 Å². The van der Waals surface area contributed by atoms with Gasteiger partial charge in [0, 0.05) is 23.3 Å². The Morgan fingerprint density at radius 2 is 1.74 bits per heavy atom.